The zero-order valence-electron chi connectivity index (χ0n) is 9.27. The van der Waals surface area contributed by atoms with Crippen molar-refractivity contribution >= 4 is 23.5 Å². The first-order valence-corrected chi connectivity index (χ1v) is 6.50. The molecule has 16 heavy (non-hydrogen) atoms. The normalized spacial score (nSPS) is 20.7. The smallest absolute Gasteiger partial charge is 0.227 e. The molecule has 0 spiro atoms. The van der Waals surface area contributed by atoms with Crippen LogP contribution >= 0.6 is 11.8 Å². The van der Waals surface area contributed by atoms with Crippen LogP contribution in [-0.4, -0.2) is 39.8 Å². The van der Waals surface area contributed by atoms with Crippen LogP contribution in [0.4, 0.5) is 5.82 Å². The molecule has 1 aromatic rings. The number of nitrogens with one attached hydrogen (secondary N) is 2. The minimum Gasteiger partial charge on any atom is -0.312 e. The molecule has 2 N–H and O–H groups in total. The van der Waals surface area contributed by atoms with Crippen LogP contribution in [0, 0.1) is 0 Å². The molecule has 88 valence electrons. The Kier molecular flexibility index (Phi) is 3.84. The molecular weight excluding hydrogens is 224 g/mol. The van der Waals surface area contributed by atoms with Gasteiger partial charge in [-0.3, -0.25) is 9.48 Å². The molecule has 1 aliphatic rings. The van der Waals surface area contributed by atoms with Crippen LogP contribution in [0.3, 0.4) is 0 Å². The van der Waals surface area contributed by atoms with E-state index in [4.69, 9.17) is 0 Å². The van der Waals surface area contributed by atoms with Gasteiger partial charge in [-0.1, -0.05) is 0 Å². The van der Waals surface area contributed by atoms with Gasteiger partial charge < -0.3 is 10.6 Å². The Morgan fingerprint density at radius 3 is 3.31 bits per heavy atom. The van der Waals surface area contributed by atoms with E-state index in [0.29, 0.717) is 18.3 Å². The molecule has 1 aliphatic heterocycles. The Balaban J connectivity index is 1.79. The van der Waals surface area contributed by atoms with Crippen molar-refractivity contribution in [1.29, 1.82) is 0 Å². The summed E-state index contributed by atoms with van der Waals surface area (Å²) in [5.41, 5.74) is 0. The van der Waals surface area contributed by atoms with E-state index in [-0.39, 0.29) is 5.91 Å². The summed E-state index contributed by atoms with van der Waals surface area (Å²) in [5.74, 6) is 2.79. The van der Waals surface area contributed by atoms with Crippen molar-refractivity contribution in [2.75, 3.05) is 23.4 Å². The fourth-order valence-electron chi connectivity index (χ4n) is 1.65. The molecular formula is C10H16N4OS. The van der Waals surface area contributed by atoms with Crippen molar-refractivity contribution in [2.24, 2.45) is 7.05 Å². The highest BCUT2D eigenvalue weighted by atomic mass is 32.2. The third kappa shape index (κ3) is 3.24. The van der Waals surface area contributed by atoms with E-state index in [1.165, 1.54) is 0 Å². The number of carbonyl (C=O) groups is 1. The maximum absolute atomic E-state index is 11.7. The lowest BCUT2D eigenvalue weighted by atomic mass is 10.2. The van der Waals surface area contributed by atoms with Crippen molar-refractivity contribution in [3.8, 4) is 0 Å². The Bertz CT molecular complexity index is 359. The van der Waals surface area contributed by atoms with Crippen molar-refractivity contribution < 1.29 is 4.79 Å². The predicted molar refractivity (Wildman–Crippen MR) is 65.6 cm³/mol. The molecule has 1 amide bonds. The molecule has 6 heteroatoms. The van der Waals surface area contributed by atoms with Gasteiger partial charge in [-0.15, -0.1) is 0 Å². The molecule has 2 rings (SSSR count). The number of thioether (sulfide) groups is 1. The van der Waals surface area contributed by atoms with Crippen molar-refractivity contribution in [3.63, 3.8) is 0 Å². The Labute approximate surface area is 99.0 Å². The molecule has 0 aromatic carbocycles. The third-order valence-electron chi connectivity index (χ3n) is 2.41. The lowest BCUT2D eigenvalue weighted by molar-refractivity contribution is -0.116. The topological polar surface area (TPSA) is 59.0 Å². The van der Waals surface area contributed by atoms with Crippen LogP contribution in [0.5, 0.6) is 0 Å². The second-order valence-electron chi connectivity index (χ2n) is 3.85. The largest absolute Gasteiger partial charge is 0.312 e. The minimum atomic E-state index is 0.0266. The van der Waals surface area contributed by atoms with Gasteiger partial charge in [-0.2, -0.15) is 16.9 Å². The van der Waals surface area contributed by atoms with Gasteiger partial charge in [0.2, 0.25) is 5.91 Å². The predicted octanol–water partition coefficient (Wildman–Crippen LogP) is 0.454. The number of aryl methyl sites for hydroxylation is 1. The van der Waals surface area contributed by atoms with E-state index in [1.807, 2.05) is 25.0 Å². The van der Waals surface area contributed by atoms with Crippen LogP contribution < -0.4 is 10.6 Å². The first kappa shape index (κ1) is 11.5. The van der Waals surface area contributed by atoms with Crippen molar-refractivity contribution in [3.05, 3.63) is 12.3 Å². The second-order valence-corrected chi connectivity index (χ2v) is 5.00. The van der Waals surface area contributed by atoms with Crippen molar-refractivity contribution in [1.82, 2.24) is 15.1 Å². The molecule has 1 atom stereocenters. The molecule has 1 fully saturated rings. The van der Waals surface area contributed by atoms with Gasteiger partial charge in [0.15, 0.2) is 5.82 Å². The monoisotopic (exact) mass is 240 g/mol. The average Bonchev–Trinajstić information content (AvgIpc) is 2.65. The Morgan fingerprint density at radius 1 is 1.81 bits per heavy atom. The van der Waals surface area contributed by atoms with Gasteiger partial charge in [0, 0.05) is 49.8 Å². The molecule has 1 unspecified atom stereocenters. The van der Waals surface area contributed by atoms with Crippen LogP contribution in [0.15, 0.2) is 12.3 Å². The number of anilines is 1. The number of aromatic nitrogens is 2. The van der Waals surface area contributed by atoms with E-state index in [2.05, 4.69) is 15.7 Å². The standard InChI is InChI=1S/C10H16N4OS/c1-14-4-2-9(13-14)12-10(15)6-8-7-16-5-3-11-8/h2,4,8,11H,3,5-7H2,1H3,(H,12,13,15). The Hall–Kier alpha value is -1.01. The van der Waals surface area contributed by atoms with Gasteiger partial charge in [-0.25, -0.2) is 0 Å². The number of amides is 1. The number of hydrogen-bond acceptors (Lipinski definition) is 4. The highest BCUT2D eigenvalue weighted by molar-refractivity contribution is 7.99. The van der Waals surface area contributed by atoms with Crippen LogP contribution in [0.25, 0.3) is 0 Å². The summed E-state index contributed by atoms with van der Waals surface area (Å²) < 4.78 is 1.67. The fourth-order valence-corrected chi connectivity index (χ4v) is 2.60. The second kappa shape index (κ2) is 5.36. The fraction of sp³-hybridized carbons (Fsp3) is 0.600. The summed E-state index contributed by atoms with van der Waals surface area (Å²) in [6.45, 7) is 0.992. The summed E-state index contributed by atoms with van der Waals surface area (Å²) in [6, 6.07) is 2.09. The van der Waals surface area contributed by atoms with Crippen LogP contribution in [0.2, 0.25) is 0 Å². The molecule has 5 nitrogen and oxygen atoms in total. The van der Waals surface area contributed by atoms with Crippen LogP contribution in [-0.2, 0) is 11.8 Å². The summed E-state index contributed by atoms with van der Waals surface area (Å²) >= 11 is 1.89. The van der Waals surface area contributed by atoms with E-state index in [1.54, 1.807) is 10.7 Å². The number of nitrogens with zero attached hydrogens (tertiary/aromatic N) is 2. The van der Waals surface area contributed by atoms with Gasteiger partial charge in [0.1, 0.15) is 0 Å². The van der Waals surface area contributed by atoms with Gasteiger partial charge in [-0.05, 0) is 0 Å². The van der Waals surface area contributed by atoms with Gasteiger partial charge in [0.05, 0.1) is 0 Å². The first-order chi connectivity index (χ1) is 7.74. The summed E-state index contributed by atoms with van der Waals surface area (Å²) in [4.78, 5) is 11.7. The minimum absolute atomic E-state index is 0.0266. The zero-order chi connectivity index (χ0) is 11.4. The molecule has 2 heterocycles. The molecule has 0 bridgehead atoms. The average molecular weight is 240 g/mol. The van der Waals surface area contributed by atoms with E-state index in [9.17, 15) is 4.79 Å². The van der Waals surface area contributed by atoms with Gasteiger partial charge in [0.25, 0.3) is 0 Å². The molecule has 1 saturated heterocycles. The summed E-state index contributed by atoms with van der Waals surface area (Å²) in [5, 5.41) is 10.2. The first-order valence-electron chi connectivity index (χ1n) is 5.34. The number of carbonyl (C=O) groups excluding carboxylic acids is 1. The van der Waals surface area contributed by atoms with Gasteiger partial charge >= 0.3 is 0 Å². The van der Waals surface area contributed by atoms with E-state index < -0.39 is 0 Å². The lowest BCUT2D eigenvalue weighted by Crippen LogP contribution is -2.39. The van der Waals surface area contributed by atoms with E-state index in [0.717, 1.165) is 18.1 Å². The zero-order valence-corrected chi connectivity index (χ0v) is 10.1. The third-order valence-corrected chi connectivity index (χ3v) is 3.54. The maximum atomic E-state index is 11.7. The number of hydrogen-bond donors (Lipinski definition) is 2. The molecule has 0 saturated carbocycles. The Morgan fingerprint density at radius 2 is 2.69 bits per heavy atom. The quantitative estimate of drug-likeness (QED) is 0.805. The highest BCUT2D eigenvalue weighted by Crippen LogP contribution is 2.11. The molecule has 0 aliphatic carbocycles. The highest BCUT2D eigenvalue weighted by Gasteiger charge is 2.16. The van der Waals surface area contributed by atoms with Crippen molar-refractivity contribution in [2.45, 2.75) is 12.5 Å². The number of rotatable bonds is 3. The summed E-state index contributed by atoms with van der Waals surface area (Å²) in [7, 11) is 1.83. The SMILES string of the molecule is Cn1ccc(NC(=O)CC2CSCCN2)n1. The van der Waals surface area contributed by atoms with E-state index >= 15 is 0 Å². The van der Waals surface area contributed by atoms with Crippen LogP contribution in [0.1, 0.15) is 6.42 Å². The molecule has 1 aromatic heterocycles. The summed E-state index contributed by atoms with van der Waals surface area (Å²) in [6.07, 6.45) is 2.33. The maximum Gasteiger partial charge on any atom is 0.227 e. The lowest BCUT2D eigenvalue weighted by Gasteiger charge is -2.22. The molecule has 0 radical (unpaired) electrons.